The van der Waals surface area contributed by atoms with Crippen molar-refractivity contribution in [3.8, 4) is 0 Å². The summed E-state index contributed by atoms with van der Waals surface area (Å²) in [5.41, 5.74) is 0. The number of nitrogens with one attached hydrogen (secondary N) is 1. The first-order valence-electron chi connectivity index (χ1n) is 3.77. The van der Waals surface area contributed by atoms with Crippen LogP contribution in [-0.4, -0.2) is 23.7 Å². The second-order valence-corrected chi connectivity index (χ2v) is 1.25. The van der Waals surface area contributed by atoms with E-state index < -0.39 is 0 Å². The number of rotatable bonds is 1. The van der Waals surface area contributed by atoms with E-state index in [0.717, 1.165) is 0 Å². The molecule has 0 saturated carbocycles. The summed E-state index contributed by atoms with van der Waals surface area (Å²) >= 11 is 4.24. The molecule has 0 atom stereocenters. The zero-order chi connectivity index (χ0) is 10.9. The van der Waals surface area contributed by atoms with Crippen LogP contribution in [0.1, 0.15) is 13.8 Å². The minimum atomic E-state index is 0. The Labute approximate surface area is 143 Å². The largest absolute Gasteiger partial charge is 0.417 e. The molecule has 3 nitrogen and oxygen atoms in total. The minimum absolute atomic E-state index is 0. The molecule has 15 heavy (non-hydrogen) atoms. The van der Waals surface area contributed by atoms with Gasteiger partial charge in [-0.3, -0.25) is 0 Å². The number of aromatic nitrogens is 2. The summed E-state index contributed by atoms with van der Waals surface area (Å²) in [5, 5.41) is 0. The van der Waals surface area contributed by atoms with Gasteiger partial charge in [0.15, 0.2) is 0 Å². The fourth-order valence-corrected chi connectivity index (χ4v) is 0.215. The molecule has 6 heteroatoms. The monoisotopic (exact) mass is 515 g/mol. The third kappa shape index (κ3) is 49.6. The molecule has 0 saturated heterocycles. The Balaban J connectivity index is -0.0000000309. The second-order valence-electron chi connectivity index (χ2n) is 1.25. The van der Waals surface area contributed by atoms with Crippen LogP contribution >= 0.6 is 37.2 Å². The van der Waals surface area contributed by atoms with Gasteiger partial charge in [0.25, 0.3) is 0 Å². The molecule has 0 spiro atoms. The van der Waals surface area contributed by atoms with Crippen LogP contribution in [0, 0.1) is 14.4 Å². The summed E-state index contributed by atoms with van der Waals surface area (Å²) in [6.07, 6.45) is 5.08. The molecule has 91 valence electrons. The van der Waals surface area contributed by atoms with Crippen molar-refractivity contribution < 1.29 is 37.4 Å². The van der Waals surface area contributed by atoms with E-state index in [-0.39, 0.29) is 40.1 Å². The fourth-order valence-electron chi connectivity index (χ4n) is 0.215. The molecule has 0 unspecified atom stereocenters. The van der Waals surface area contributed by atoms with Gasteiger partial charge in [0, 0.05) is 89.4 Å². The number of methoxy groups -OCH3 is 1. The van der Waals surface area contributed by atoms with E-state index in [1.807, 2.05) is 13.8 Å². The molecule has 0 aromatic carbocycles. The van der Waals surface area contributed by atoms with Crippen molar-refractivity contribution in [2.75, 3.05) is 13.7 Å². The number of nitrogens with zero attached hydrogens (tertiary/aromatic N) is 1. The maximum absolute atomic E-state index is 4.43. The zero-order valence-corrected chi connectivity index (χ0v) is 17.0. The molecule has 1 radical (unpaired) electrons. The molecule has 0 amide bonds. The first-order valence-corrected chi connectivity index (χ1v) is 10.1. The molecule has 0 fully saturated rings. The molecule has 1 rings (SSSR count). The first kappa shape index (κ1) is 30.1. The number of hydrogen-bond acceptors (Lipinski definition) is 2. The van der Waals surface area contributed by atoms with E-state index in [1.54, 1.807) is 25.8 Å². The van der Waals surface area contributed by atoms with Gasteiger partial charge in [0.1, 0.15) is 0 Å². The summed E-state index contributed by atoms with van der Waals surface area (Å²) < 4.78 is 4.43. The normalized spacial score (nSPS) is 5.47. The van der Waals surface area contributed by atoms with Crippen molar-refractivity contribution in [1.29, 1.82) is 0 Å². The average molecular weight is 515 g/mol. The van der Waals surface area contributed by atoms with Crippen LogP contribution in [-0.2, 0) is 37.4 Å². The van der Waals surface area contributed by atoms with Gasteiger partial charge in [-0.05, 0) is 0 Å². The SMILES string of the molecule is CC.II.[CH2-]COC.[CH3-].[Y].c1c[nH]cn1. The Kier molecular flexibility index (Phi) is 89.8. The minimum Gasteiger partial charge on any atom is -0.417 e. The standard InChI is InChI=1S/C3H4N2.C3H7O.C2H6.CH3.I2.Y/c1-2-5-3-4-1;1-3-4-2;1-2;;1-2;/h1-3H,(H,4,5);1,3H2,2H3;1-2H3;1H3;;/q;-1;;-1;;. The molecule has 0 aliphatic rings. The topological polar surface area (TPSA) is 37.9 Å². The summed E-state index contributed by atoms with van der Waals surface area (Å²) in [5.74, 6) is 0. The van der Waals surface area contributed by atoms with Crippen molar-refractivity contribution in [2.24, 2.45) is 0 Å². The van der Waals surface area contributed by atoms with Gasteiger partial charge in [-0.25, -0.2) is 4.98 Å². The zero-order valence-electron chi connectivity index (χ0n) is 9.84. The van der Waals surface area contributed by atoms with Crippen LogP contribution in [0.5, 0.6) is 0 Å². The van der Waals surface area contributed by atoms with E-state index in [9.17, 15) is 0 Å². The number of hydrogen-bond donors (Lipinski definition) is 1. The van der Waals surface area contributed by atoms with Gasteiger partial charge in [0.2, 0.25) is 0 Å². The quantitative estimate of drug-likeness (QED) is 0.452. The van der Waals surface area contributed by atoms with Crippen LogP contribution in [0.25, 0.3) is 0 Å². The Bertz CT molecular complexity index is 102. The number of ether oxygens (including phenoxy) is 1. The van der Waals surface area contributed by atoms with Crippen LogP contribution in [0.15, 0.2) is 18.7 Å². The van der Waals surface area contributed by atoms with Crippen molar-refractivity contribution in [2.45, 2.75) is 13.8 Å². The summed E-state index contributed by atoms with van der Waals surface area (Å²) in [6, 6.07) is 0. The third-order valence-electron chi connectivity index (χ3n) is 0.610. The maximum atomic E-state index is 4.43. The number of aromatic amines is 1. The number of imidazole rings is 1. The van der Waals surface area contributed by atoms with Gasteiger partial charge >= 0.3 is 0 Å². The molecule has 0 bridgehead atoms. The molecular formula is C9H20I2N2OY-2. The molecule has 0 aliphatic carbocycles. The van der Waals surface area contributed by atoms with Crippen LogP contribution in [0.4, 0.5) is 0 Å². The van der Waals surface area contributed by atoms with E-state index >= 15 is 0 Å². The van der Waals surface area contributed by atoms with E-state index in [1.165, 1.54) is 0 Å². The molecular weight excluding hydrogens is 495 g/mol. The molecule has 1 N–H and O–H groups in total. The van der Waals surface area contributed by atoms with Gasteiger partial charge < -0.3 is 24.1 Å². The average Bonchev–Trinajstić information content (AvgIpc) is 2.82. The van der Waals surface area contributed by atoms with Gasteiger partial charge in [-0.15, -0.1) is 0 Å². The molecule has 1 heterocycles. The number of H-pyrrole nitrogens is 1. The smallest absolute Gasteiger partial charge is 0.0919 e. The summed E-state index contributed by atoms with van der Waals surface area (Å²) in [6.45, 7) is 7.95. The van der Waals surface area contributed by atoms with E-state index in [4.69, 9.17) is 0 Å². The maximum Gasteiger partial charge on any atom is 0.0919 e. The van der Waals surface area contributed by atoms with E-state index in [0.29, 0.717) is 6.61 Å². The Morgan fingerprint density at radius 2 is 1.80 bits per heavy atom. The van der Waals surface area contributed by atoms with Crippen molar-refractivity contribution in [3.05, 3.63) is 33.1 Å². The third-order valence-corrected chi connectivity index (χ3v) is 0.610. The van der Waals surface area contributed by atoms with Crippen molar-refractivity contribution >= 4 is 37.2 Å². The Morgan fingerprint density at radius 1 is 1.40 bits per heavy atom. The van der Waals surface area contributed by atoms with Gasteiger partial charge in [-0.1, -0.05) is 20.5 Å². The van der Waals surface area contributed by atoms with Crippen molar-refractivity contribution in [3.63, 3.8) is 0 Å². The van der Waals surface area contributed by atoms with Crippen LogP contribution in [0.3, 0.4) is 0 Å². The van der Waals surface area contributed by atoms with Crippen LogP contribution < -0.4 is 0 Å². The number of halogens is 2. The van der Waals surface area contributed by atoms with Gasteiger partial charge in [0.05, 0.1) is 6.33 Å². The fraction of sp³-hybridized carbons (Fsp3) is 0.444. The molecule has 1 aromatic heterocycles. The van der Waals surface area contributed by atoms with Gasteiger partial charge in [-0.2, -0.15) is 0 Å². The van der Waals surface area contributed by atoms with Crippen LogP contribution in [0.2, 0.25) is 0 Å². The Hall–Kier alpha value is 1.73. The Morgan fingerprint density at radius 3 is 1.87 bits per heavy atom. The molecule has 0 aliphatic heterocycles. The predicted molar refractivity (Wildman–Crippen MR) is 81.6 cm³/mol. The second kappa shape index (κ2) is 44.8. The summed E-state index contributed by atoms with van der Waals surface area (Å²) in [4.78, 5) is 6.42. The summed E-state index contributed by atoms with van der Waals surface area (Å²) in [7, 11) is 1.62. The molecule has 1 aromatic rings. The van der Waals surface area contributed by atoms with E-state index in [2.05, 4.69) is 58.9 Å². The first-order chi connectivity index (χ1) is 6.41. The van der Waals surface area contributed by atoms with Crippen molar-refractivity contribution in [1.82, 2.24) is 9.97 Å². The predicted octanol–water partition coefficient (Wildman–Crippen LogP) is 4.12.